The van der Waals surface area contributed by atoms with Crippen molar-refractivity contribution in [3.8, 4) is 11.5 Å². The number of benzene rings is 1. The Morgan fingerprint density at radius 2 is 2.00 bits per heavy atom. The van der Waals surface area contributed by atoms with E-state index in [1.807, 2.05) is 0 Å². The van der Waals surface area contributed by atoms with Gasteiger partial charge >= 0.3 is 6.18 Å². The average Bonchev–Trinajstić information content (AvgIpc) is 2.26. The smallest absolute Gasteiger partial charge is 0.392 e. The van der Waals surface area contributed by atoms with Crippen molar-refractivity contribution in [3.63, 3.8) is 0 Å². The average molecular weight is 263 g/mol. The fourth-order valence-corrected chi connectivity index (χ4v) is 1.42. The lowest BCUT2D eigenvalue weighted by Crippen LogP contribution is -2.14. The minimum atomic E-state index is -4.23. The van der Waals surface area contributed by atoms with Gasteiger partial charge in [0.15, 0.2) is 0 Å². The van der Waals surface area contributed by atoms with Gasteiger partial charge < -0.3 is 15.2 Å². The summed E-state index contributed by atoms with van der Waals surface area (Å²) in [5.74, 6) is 0.843. The summed E-state index contributed by atoms with van der Waals surface area (Å²) in [6.07, 6.45) is -5.23. The molecule has 0 radical (unpaired) electrons. The number of nitrogens with two attached hydrogens (primary N) is 1. The van der Waals surface area contributed by atoms with Gasteiger partial charge in [-0.2, -0.15) is 13.2 Å². The molecule has 1 aromatic carbocycles. The first-order valence-electron chi connectivity index (χ1n) is 5.46. The standard InChI is InChI=1S/C12H16F3NO2/c1-8(16)10-4-3-9(17-2)7-11(10)18-6-5-12(13,14)15/h3-4,7-8H,5-6,16H2,1-2H3/t8-/m0/s1. The highest BCUT2D eigenvalue weighted by molar-refractivity contribution is 5.42. The van der Waals surface area contributed by atoms with Crippen molar-refractivity contribution >= 4 is 0 Å². The van der Waals surface area contributed by atoms with Crippen LogP contribution in [0.1, 0.15) is 24.9 Å². The first kappa shape index (κ1) is 14.6. The lowest BCUT2D eigenvalue weighted by molar-refractivity contribution is -0.139. The maximum absolute atomic E-state index is 12.0. The van der Waals surface area contributed by atoms with Crippen LogP contribution < -0.4 is 15.2 Å². The summed E-state index contributed by atoms with van der Waals surface area (Å²) in [6.45, 7) is 1.30. The normalized spacial score (nSPS) is 13.2. The molecule has 0 unspecified atom stereocenters. The quantitative estimate of drug-likeness (QED) is 0.888. The predicted octanol–water partition coefficient (Wildman–Crippen LogP) is 3.05. The third-order valence-electron chi connectivity index (χ3n) is 2.35. The third-order valence-corrected chi connectivity index (χ3v) is 2.35. The van der Waals surface area contributed by atoms with Crippen LogP contribution in [-0.2, 0) is 0 Å². The van der Waals surface area contributed by atoms with Crippen molar-refractivity contribution in [3.05, 3.63) is 23.8 Å². The fourth-order valence-electron chi connectivity index (χ4n) is 1.42. The van der Waals surface area contributed by atoms with Crippen molar-refractivity contribution in [1.82, 2.24) is 0 Å². The Labute approximate surface area is 104 Å². The zero-order valence-corrected chi connectivity index (χ0v) is 10.3. The molecule has 2 N–H and O–H groups in total. The molecular formula is C12H16F3NO2. The molecule has 0 fully saturated rings. The first-order valence-corrected chi connectivity index (χ1v) is 5.46. The highest BCUT2D eigenvalue weighted by atomic mass is 19.4. The van der Waals surface area contributed by atoms with E-state index in [4.69, 9.17) is 15.2 Å². The maximum atomic E-state index is 12.0. The SMILES string of the molecule is COc1ccc([C@H](C)N)c(OCCC(F)(F)F)c1. The van der Waals surface area contributed by atoms with Gasteiger partial charge in [0, 0.05) is 17.7 Å². The van der Waals surface area contributed by atoms with Crippen LogP contribution in [0, 0.1) is 0 Å². The second-order valence-electron chi connectivity index (χ2n) is 3.91. The molecule has 102 valence electrons. The van der Waals surface area contributed by atoms with E-state index >= 15 is 0 Å². The van der Waals surface area contributed by atoms with Gasteiger partial charge in [-0.3, -0.25) is 0 Å². The van der Waals surface area contributed by atoms with Crippen LogP contribution in [0.15, 0.2) is 18.2 Å². The lowest BCUT2D eigenvalue weighted by atomic mass is 10.1. The summed E-state index contributed by atoms with van der Waals surface area (Å²) in [5.41, 5.74) is 6.37. The highest BCUT2D eigenvalue weighted by Crippen LogP contribution is 2.29. The number of ether oxygens (including phenoxy) is 2. The van der Waals surface area contributed by atoms with E-state index in [9.17, 15) is 13.2 Å². The number of alkyl halides is 3. The largest absolute Gasteiger partial charge is 0.497 e. The van der Waals surface area contributed by atoms with E-state index in [1.165, 1.54) is 13.2 Å². The van der Waals surface area contributed by atoms with E-state index in [2.05, 4.69) is 0 Å². The molecule has 0 aliphatic carbocycles. The lowest BCUT2D eigenvalue weighted by Gasteiger charge is -2.15. The van der Waals surface area contributed by atoms with Crippen LogP contribution in [0.5, 0.6) is 11.5 Å². The molecule has 1 rings (SSSR count). The Hall–Kier alpha value is -1.43. The molecule has 3 nitrogen and oxygen atoms in total. The zero-order chi connectivity index (χ0) is 13.8. The Kier molecular flexibility index (Phi) is 4.84. The molecule has 0 aliphatic heterocycles. The monoisotopic (exact) mass is 263 g/mol. The van der Waals surface area contributed by atoms with Crippen molar-refractivity contribution < 1.29 is 22.6 Å². The van der Waals surface area contributed by atoms with Crippen molar-refractivity contribution in [2.24, 2.45) is 5.73 Å². The second kappa shape index (κ2) is 5.95. The second-order valence-corrected chi connectivity index (χ2v) is 3.91. The third kappa shape index (κ3) is 4.44. The molecule has 0 saturated carbocycles. The minimum absolute atomic E-state index is 0.322. The van der Waals surface area contributed by atoms with E-state index in [0.29, 0.717) is 17.1 Å². The number of methoxy groups -OCH3 is 1. The van der Waals surface area contributed by atoms with Crippen molar-refractivity contribution in [2.75, 3.05) is 13.7 Å². The van der Waals surface area contributed by atoms with Crippen molar-refractivity contribution in [1.29, 1.82) is 0 Å². The maximum Gasteiger partial charge on any atom is 0.392 e. The van der Waals surface area contributed by atoms with Gasteiger partial charge in [0.1, 0.15) is 11.5 Å². The summed E-state index contributed by atoms with van der Waals surface area (Å²) >= 11 is 0. The van der Waals surface area contributed by atoms with Gasteiger partial charge in [-0.1, -0.05) is 6.07 Å². The molecular weight excluding hydrogens is 247 g/mol. The van der Waals surface area contributed by atoms with Gasteiger partial charge in [0.05, 0.1) is 20.1 Å². The summed E-state index contributed by atoms with van der Waals surface area (Å²) in [7, 11) is 1.47. The molecule has 1 aromatic rings. The molecule has 0 amide bonds. The van der Waals surface area contributed by atoms with Gasteiger partial charge in [-0.25, -0.2) is 0 Å². The number of hydrogen-bond acceptors (Lipinski definition) is 3. The molecule has 0 aromatic heterocycles. The van der Waals surface area contributed by atoms with Crippen LogP contribution in [0.3, 0.4) is 0 Å². The van der Waals surface area contributed by atoms with E-state index < -0.39 is 19.2 Å². The molecule has 0 heterocycles. The van der Waals surface area contributed by atoms with Gasteiger partial charge in [0.25, 0.3) is 0 Å². The Bertz CT molecular complexity index is 391. The molecule has 6 heteroatoms. The van der Waals surface area contributed by atoms with Gasteiger partial charge in [-0.05, 0) is 13.0 Å². The Morgan fingerprint density at radius 3 is 2.50 bits per heavy atom. The summed E-state index contributed by atoms with van der Waals surface area (Å²) in [5, 5.41) is 0. The van der Waals surface area contributed by atoms with Crippen LogP contribution >= 0.6 is 0 Å². The molecule has 18 heavy (non-hydrogen) atoms. The van der Waals surface area contributed by atoms with Crippen LogP contribution in [-0.4, -0.2) is 19.9 Å². The van der Waals surface area contributed by atoms with E-state index in [0.717, 1.165) is 0 Å². The predicted molar refractivity (Wildman–Crippen MR) is 61.8 cm³/mol. The minimum Gasteiger partial charge on any atom is -0.497 e. The van der Waals surface area contributed by atoms with E-state index in [-0.39, 0.29) is 6.04 Å². The van der Waals surface area contributed by atoms with Crippen molar-refractivity contribution in [2.45, 2.75) is 25.6 Å². The molecule has 0 saturated heterocycles. The molecule has 0 aliphatic rings. The first-order chi connectivity index (χ1) is 8.33. The van der Waals surface area contributed by atoms with Crippen LogP contribution in [0.4, 0.5) is 13.2 Å². The van der Waals surface area contributed by atoms with Gasteiger partial charge in [0.2, 0.25) is 0 Å². The summed E-state index contributed by atoms with van der Waals surface area (Å²) in [4.78, 5) is 0. The Morgan fingerprint density at radius 1 is 1.33 bits per heavy atom. The van der Waals surface area contributed by atoms with Gasteiger partial charge in [-0.15, -0.1) is 0 Å². The summed E-state index contributed by atoms with van der Waals surface area (Å²) in [6, 6.07) is 4.59. The number of hydrogen-bond donors (Lipinski definition) is 1. The highest BCUT2D eigenvalue weighted by Gasteiger charge is 2.27. The molecule has 0 bridgehead atoms. The zero-order valence-electron chi connectivity index (χ0n) is 10.3. The topological polar surface area (TPSA) is 44.5 Å². The summed E-state index contributed by atoms with van der Waals surface area (Å²) < 4.78 is 46.2. The number of rotatable bonds is 5. The van der Waals surface area contributed by atoms with Crippen LogP contribution in [0.25, 0.3) is 0 Å². The van der Waals surface area contributed by atoms with Crippen LogP contribution in [0.2, 0.25) is 0 Å². The molecule has 1 atom stereocenters. The fraction of sp³-hybridized carbons (Fsp3) is 0.500. The molecule has 0 spiro atoms. The van der Waals surface area contributed by atoms with E-state index in [1.54, 1.807) is 19.1 Å². The Balaban J connectivity index is 2.78. The number of halogens is 3.